The molecule has 0 atom stereocenters. The smallest absolute Gasteiger partial charge is 0.175 e. The number of rotatable bonds is 5. The monoisotopic (exact) mass is 390 g/mol. The van der Waals surface area contributed by atoms with E-state index in [0.29, 0.717) is 32.6 Å². The minimum Gasteiger partial charge on any atom is -0.493 e. The van der Waals surface area contributed by atoms with Gasteiger partial charge >= 0.3 is 0 Å². The Balaban J connectivity index is 2.21. The maximum atomic E-state index is 9.19. The van der Waals surface area contributed by atoms with E-state index in [4.69, 9.17) is 32.7 Å². The predicted molar refractivity (Wildman–Crippen MR) is 87.4 cm³/mol. The standard InChI is InChI=1S/C15H13BrCl2O3/c1-20-14-6-10(7-19)4-11(16)15(14)21-8-9-2-3-12(17)13(18)5-9/h2-6,19H,7-8H2,1H3. The van der Waals surface area contributed by atoms with Crippen LogP contribution < -0.4 is 9.47 Å². The van der Waals surface area contributed by atoms with Gasteiger partial charge < -0.3 is 14.6 Å². The number of hydrogen-bond acceptors (Lipinski definition) is 3. The molecule has 0 radical (unpaired) electrons. The van der Waals surface area contributed by atoms with Crippen LogP contribution in [0.4, 0.5) is 0 Å². The van der Waals surface area contributed by atoms with Crippen molar-refractivity contribution in [3.63, 3.8) is 0 Å². The van der Waals surface area contributed by atoms with Gasteiger partial charge in [-0.3, -0.25) is 0 Å². The van der Waals surface area contributed by atoms with Crippen molar-refractivity contribution in [3.8, 4) is 11.5 Å². The molecule has 0 saturated heterocycles. The molecule has 21 heavy (non-hydrogen) atoms. The molecule has 0 amide bonds. The van der Waals surface area contributed by atoms with Crippen LogP contribution in [0.3, 0.4) is 0 Å². The molecule has 2 rings (SSSR count). The van der Waals surface area contributed by atoms with Crippen molar-refractivity contribution in [3.05, 3.63) is 56.0 Å². The van der Waals surface area contributed by atoms with Crippen molar-refractivity contribution in [1.29, 1.82) is 0 Å². The lowest BCUT2D eigenvalue weighted by molar-refractivity contribution is 0.273. The van der Waals surface area contributed by atoms with E-state index in [2.05, 4.69) is 15.9 Å². The second-order valence-corrected chi connectivity index (χ2v) is 5.97. The zero-order valence-electron chi connectivity index (χ0n) is 11.2. The van der Waals surface area contributed by atoms with Gasteiger partial charge in [0, 0.05) is 0 Å². The maximum Gasteiger partial charge on any atom is 0.175 e. The van der Waals surface area contributed by atoms with Gasteiger partial charge in [-0.1, -0.05) is 29.3 Å². The first-order valence-electron chi connectivity index (χ1n) is 6.09. The second kappa shape index (κ2) is 7.36. The normalized spacial score (nSPS) is 10.5. The van der Waals surface area contributed by atoms with Crippen molar-refractivity contribution in [2.24, 2.45) is 0 Å². The molecule has 0 spiro atoms. The Morgan fingerprint density at radius 3 is 2.48 bits per heavy atom. The lowest BCUT2D eigenvalue weighted by atomic mass is 10.2. The molecule has 0 fully saturated rings. The minimum atomic E-state index is -0.0674. The Morgan fingerprint density at radius 1 is 1.10 bits per heavy atom. The molecule has 0 aromatic heterocycles. The van der Waals surface area contributed by atoms with Gasteiger partial charge in [-0.15, -0.1) is 0 Å². The summed E-state index contributed by atoms with van der Waals surface area (Å²) in [5.74, 6) is 1.12. The number of halogens is 3. The zero-order chi connectivity index (χ0) is 15.4. The third-order valence-electron chi connectivity index (χ3n) is 2.84. The molecule has 112 valence electrons. The minimum absolute atomic E-state index is 0.0674. The molecule has 6 heteroatoms. The molecule has 0 saturated carbocycles. The largest absolute Gasteiger partial charge is 0.493 e. The number of methoxy groups -OCH3 is 1. The van der Waals surface area contributed by atoms with E-state index in [0.717, 1.165) is 11.1 Å². The van der Waals surface area contributed by atoms with Crippen molar-refractivity contribution >= 4 is 39.1 Å². The summed E-state index contributed by atoms with van der Waals surface area (Å²) >= 11 is 15.3. The average Bonchev–Trinajstić information content (AvgIpc) is 2.48. The molecule has 1 N–H and O–H groups in total. The predicted octanol–water partition coefficient (Wildman–Crippen LogP) is 4.84. The Labute approximate surface area is 141 Å². The van der Waals surface area contributed by atoms with Gasteiger partial charge in [-0.05, 0) is 51.3 Å². The number of benzene rings is 2. The first-order valence-corrected chi connectivity index (χ1v) is 7.64. The van der Waals surface area contributed by atoms with Gasteiger partial charge in [0.05, 0.1) is 28.2 Å². The van der Waals surface area contributed by atoms with Gasteiger partial charge in [0.2, 0.25) is 0 Å². The lowest BCUT2D eigenvalue weighted by Gasteiger charge is -2.14. The van der Waals surface area contributed by atoms with E-state index >= 15 is 0 Å². The number of aliphatic hydroxyl groups excluding tert-OH is 1. The summed E-state index contributed by atoms with van der Waals surface area (Å²) in [5.41, 5.74) is 1.63. The van der Waals surface area contributed by atoms with E-state index in [1.165, 1.54) is 0 Å². The molecule has 3 nitrogen and oxygen atoms in total. The Bertz CT molecular complexity index is 647. The molecule has 0 bridgehead atoms. The van der Waals surface area contributed by atoms with Crippen LogP contribution in [0.25, 0.3) is 0 Å². The van der Waals surface area contributed by atoms with Crippen LogP contribution >= 0.6 is 39.1 Å². The topological polar surface area (TPSA) is 38.7 Å². The van der Waals surface area contributed by atoms with Crippen LogP contribution in [0.5, 0.6) is 11.5 Å². The second-order valence-electron chi connectivity index (χ2n) is 4.30. The molecule has 0 heterocycles. The van der Waals surface area contributed by atoms with E-state index in [9.17, 15) is 5.11 Å². The van der Waals surface area contributed by atoms with Crippen LogP contribution in [0.1, 0.15) is 11.1 Å². The molecular formula is C15H13BrCl2O3. The fourth-order valence-corrected chi connectivity index (χ4v) is 2.71. The van der Waals surface area contributed by atoms with Gasteiger partial charge in [-0.2, -0.15) is 0 Å². The summed E-state index contributed by atoms with van der Waals surface area (Å²) in [6.07, 6.45) is 0. The van der Waals surface area contributed by atoms with E-state index < -0.39 is 0 Å². The summed E-state index contributed by atoms with van der Waals surface area (Å²) < 4.78 is 11.8. The Hall–Kier alpha value is -0.940. The molecule has 2 aromatic carbocycles. The number of ether oxygens (including phenoxy) is 2. The van der Waals surface area contributed by atoms with Crippen molar-refractivity contribution in [2.75, 3.05) is 7.11 Å². The van der Waals surface area contributed by atoms with Crippen LogP contribution in [0.2, 0.25) is 10.0 Å². The molecule has 0 aliphatic heterocycles. The maximum absolute atomic E-state index is 9.19. The third-order valence-corrected chi connectivity index (χ3v) is 4.17. The average molecular weight is 392 g/mol. The van der Waals surface area contributed by atoms with E-state index in [-0.39, 0.29) is 6.61 Å². The third kappa shape index (κ3) is 4.04. The van der Waals surface area contributed by atoms with Gasteiger partial charge in [0.1, 0.15) is 6.61 Å². The summed E-state index contributed by atoms with van der Waals surface area (Å²) in [4.78, 5) is 0. The van der Waals surface area contributed by atoms with Crippen molar-refractivity contribution < 1.29 is 14.6 Å². The van der Waals surface area contributed by atoms with Crippen molar-refractivity contribution in [2.45, 2.75) is 13.2 Å². The van der Waals surface area contributed by atoms with E-state index in [1.807, 2.05) is 6.07 Å². The van der Waals surface area contributed by atoms with Crippen LogP contribution in [0, 0.1) is 0 Å². The first kappa shape index (κ1) is 16.4. The molecule has 2 aromatic rings. The Morgan fingerprint density at radius 2 is 1.86 bits per heavy atom. The SMILES string of the molecule is COc1cc(CO)cc(Br)c1OCc1ccc(Cl)c(Cl)c1. The number of aliphatic hydroxyl groups is 1. The highest BCUT2D eigenvalue weighted by Crippen LogP contribution is 2.37. The van der Waals surface area contributed by atoms with E-state index in [1.54, 1.807) is 31.4 Å². The van der Waals surface area contributed by atoms with Crippen LogP contribution in [-0.2, 0) is 13.2 Å². The van der Waals surface area contributed by atoms with Gasteiger partial charge in [0.15, 0.2) is 11.5 Å². The highest BCUT2D eigenvalue weighted by Gasteiger charge is 2.12. The highest BCUT2D eigenvalue weighted by atomic mass is 79.9. The quantitative estimate of drug-likeness (QED) is 0.792. The fraction of sp³-hybridized carbons (Fsp3) is 0.200. The summed E-state index contributed by atoms with van der Waals surface area (Å²) in [6.45, 7) is 0.256. The van der Waals surface area contributed by atoms with Gasteiger partial charge in [-0.25, -0.2) is 0 Å². The number of hydrogen-bond donors (Lipinski definition) is 1. The van der Waals surface area contributed by atoms with Crippen LogP contribution in [-0.4, -0.2) is 12.2 Å². The molecule has 0 aliphatic rings. The molecular weight excluding hydrogens is 379 g/mol. The first-order chi connectivity index (χ1) is 10.0. The lowest BCUT2D eigenvalue weighted by Crippen LogP contribution is -2.00. The summed E-state index contributed by atoms with van der Waals surface area (Å²) in [7, 11) is 1.55. The Kier molecular flexibility index (Phi) is 5.76. The van der Waals surface area contributed by atoms with Gasteiger partial charge in [0.25, 0.3) is 0 Å². The highest BCUT2D eigenvalue weighted by molar-refractivity contribution is 9.10. The molecule has 0 aliphatic carbocycles. The van der Waals surface area contributed by atoms with Crippen LogP contribution in [0.15, 0.2) is 34.8 Å². The summed E-state index contributed by atoms with van der Waals surface area (Å²) in [5, 5.41) is 10.2. The molecule has 0 unspecified atom stereocenters. The van der Waals surface area contributed by atoms with Crippen molar-refractivity contribution in [1.82, 2.24) is 0 Å². The zero-order valence-corrected chi connectivity index (χ0v) is 14.3. The fourth-order valence-electron chi connectivity index (χ4n) is 1.79. The summed E-state index contributed by atoms with van der Waals surface area (Å²) in [6, 6.07) is 8.84.